The Bertz CT molecular complexity index is 1130. The first-order valence-corrected chi connectivity index (χ1v) is 13.5. The van der Waals surface area contributed by atoms with E-state index >= 15 is 0 Å². The number of benzene rings is 3. The minimum atomic E-state index is -0.687. The molecule has 5 nitrogen and oxygen atoms in total. The number of amides is 2. The van der Waals surface area contributed by atoms with Crippen LogP contribution in [0.15, 0.2) is 78.9 Å². The lowest BCUT2D eigenvalue weighted by Crippen LogP contribution is -2.50. The van der Waals surface area contributed by atoms with Crippen LogP contribution in [0.5, 0.6) is 5.75 Å². The number of hydrogen-bond acceptors (Lipinski definition) is 3. The summed E-state index contributed by atoms with van der Waals surface area (Å²) in [6, 6.07) is 23.8. The molecule has 3 aromatic rings. The van der Waals surface area contributed by atoms with Crippen LogP contribution in [0.3, 0.4) is 0 Å². The molecule has 0 heterocycles. The number of carbonyl (C=O) groups excluding carboxylic acids is 2. The summed E-state index contributed by atoms with van der Waals surface area (Å²) in [5, 5.41) is 4.00. The Labute approximate surface area is 229 Å². The Morgan fingerprint density at radius 2 is 1.65 bits per heavy atom. The summed E-state index contributed by atoms with van der Waals surface area (Å²) in [5.41, 5.74) is 1.71. The first-order valence-electron chi connectivity index (χ1n) is 12.7. The summed E-state index contributed by atoms with van der Waals surface area (Å²) in [6.45, 7) is 3.24. The first kappa shape index (κ1) is 28.5. The molecule has 7 heteroatoms. The molecule has 0 bridgehead atoms. The van der Waals surface area contributed by atoms with E-state index in [0.29, 0.717) is 36.0 Å². The topological polar surface area (TPSA) is 58.6 Å². The van der Waals surface area contributed by atoms with Crippen LogP contribution in [-0.4, -0.2) is 35.9 Å². The minimum Gasteiger partial charge on any atom is -0.494 e. The molecule has 0 fully saturated rings. The summed E-state index contributed by atoms with van der Waals surface area (Å²) >= 11 is 12.6. The van der Waals surface area contributed by atoms with E-state index in [-0.39, 0.29) is 24.8 Å². The molecule has 1 atom stereocenters. The van der Waals surface area contributed by atoms with Gasteiger partial charge in [-0.25, -0.2) is 0 Å². The molecule has 3 rings (SSSR count). The number of unbranched alkanes of at least 4 members (excludes halogenated alkanes) is 1. The molecular formula is C30H34Cl2N2O3. The van der Waals surface area contributed by atoms with Crippen LogP contribution < -0.4 is 10.1 Å². The monoisotopic (exact) mass is 540 g/mol. The summed E-state index contributed by atoms with van der Waals surface area (Å²) < 4.78 is 5.77. The van der Waals surface area contributed by atoms with Crippen LogP contribution in [0.4, 0.5) is 0 Å². The van der Waals surface area contributed by atoms with Gasteiger partial charge < -0.3 is 15.0 Å². The molecule has 37 heavy (non-hydrogen) atoms. The van der Waals surface area contributed by atoms with Crippen molar-refractivity contribution in [2.75, 3.05) is 13.2 Å². The zero-order valence-corrected chi connectivity index (χ0v) is 22.7. The molecule has 0 unspecified atom stereocenters. The van der Waals surface area contributed by atoms with Crippen molar-refractivity contribution in [2.24, 2.45) is 0 Å². The van der Waals surface area contributed by atoms with Crippen LogP contribution in [0.2, 0.25) is 10.0 Å². The SMILES string of the molecule is CCCCNC(=O)[C@@H](Cc1ccccc1)N(Cc1ccc(Cl)cc1Cl)C(=O)CCCOc1ccccc1. The fraction of sp³-hybridized carbons (Fsp3) is 0.333. The number of para-hydroxylation sites is 1. The van der Waals surface area contributed by atoms with Crippen LogP contribution in [-0.2, 0) is 22.6 Å². The van der Waals surface area contributed by atoms with Gasteiger partial charge in [0.05, 0.1) is 6.61 Å². The van der Waals surface area contributed by atoms with Gasteiger partial charge in [-0.05, 0) is 48.2 Å². The fourth-order valence-corrected chi connectivity index (χ4v) is 4.44. The third kappa shape index (κ3) is 9.42. The molecule has 0 aliphatic carbocycles. The largest absolute Gasteiger partial charge is 0.494 e. The predicted molar refractivity (Wildman–Crippen MR) is 150 cm³/mol. The van der Waals surface area contributed by atoms with E-state index in [0.717, 1.165) is 29.7 Å². The highest BCUT2D eigenvalue weighted by atomic mass is 35.5. The molecule has 0 aliphatic rings. The van der Waals surface area contributed by atoms with Crippen molar-refractivity contribution in [1.29, 1.82) is 0 Å². The number of nitrogens with zero attached hydrogens (tertiary/aromatic N) is 1. The molecule has 196 valence electrons. The van der Waals surface area contributed by atoms with Gasteiger partial charge in [-0.15, -0.1) is 0 Å². The van der Waals surface area contributed by atoms with Crippen molar-refractivity contribution in [3.63, 3.8) is 0 Å². The second kappa shape index (κ2) is 15.3. The standard InChI is InChI=1S/C30H34Cl2N2O3/c1-2-3-18-33-30(36)28(20-23-11-6-4-7-12-23)34(22-24-16-17-25(31)21-27(24)32)29(35)15-10-19-37-26-13-8-5-9-14-26/h4-9,11-14,16-17,21,28H,2-3,10,15,18-20,22H2,1H3,(H,33,36)/t28-/m1/s1. The maximum atomic E-state index is 13.6. The maximum absolute atomic E-state index is 13.6. The molecule has 1 N–H and O–H groups in total. The molecule has 0 spiro atoms. The normalized spacial score (nSPS) is 11.5. The van der Waals surface area contributed by atoms with Crippen molar-refractivity contribution in [1.82, 2.24) is 10.2 Å². The van der Waals surface area contributed by atoms with Crippen LogP contribution in [0.1, 0.15) is 43.7 Å². The zero-order chi connectivity index (χ0) is 26.5. The van der Waals surface area contributed by atoms with E-state index in [9.17, 15) is 9.59 Å². The molecule has 3 aromatic carbocycles. The zero-order valence-electron chi connectivity index (χ0n) is 21.2. The molecule has 0 aliphatic heterocycles. The van der Waals surface area contributed by atoms with Gasteiger partial charge in [-0.1, -0.05) is 91.1 Å². The number of nitrogens with one attached hydrogen (secondary N) is 1. The number of carbonyl (C=O) groups is 2. The van der Waals surface area contributed by atoms with Gasteiger partial charge in [0.2, 0.25) is 11.8 Å². The highest BCUT2D eigenvalue weighted by Crippen LogP contribution is 2.24. The Morgan fingerprint density at radius 3 is 2.32 bits per heavy atom. The van der Waals surface area contributed by atoms with Gasteiger partial charge in [-0.2, -0.15) is 0 Å². The van der Waals surface area contributed by atoms with E-state index in [1.54, 1.807) is 23.1 Å². The van der Waals surface area contributed by atoms with E-state index in [1.165, 1.54) is 0 Å². The van der Waals surface area contributed by atoms with Crippen LogP contribution >= 0.6 is 23.2 Å². The fourth-order valence-electron chi connectivity index (χ4n) is 3.97. The third-order valence-corrected chi connectivity index (χ3v) is 6.59. The van der Waals surface area contributed by atoms with Gasteiger partial charge in [-0.3, -0.25) is 9.59 Å². The van der Waals surface area contributed by atoms with E-state index in [2.05, 4.69) is 12.2 Å². The molecule has 0 saturated heterocycles. The molecule has 2 amide bonds. The number of ether oxygens (including phenoxy) is 1. The summed E-state index contributed by atoms with van der Waals surface area (Å²) in [7, 11) is 0. The van der Waals surface area contributed by atoms with Gasteiger partial charge in [0, 0.05) is 36.0 Å². The molecule has 0 saturated carbocycles. The molecule has 0 radical (unpaired) electrons. The number of rotatable bonds is 14. The van der Waals surface area contributed by atoms with Crippen molar-refractivity contribution < 1.29 is 14.3 Å². The van der Waals surface area contributed by atoms with Gasteiger partial charge in [0.15, 0.2) is 0 Å². The van der Waals surface area contributed by atoms with Gasteiger partial charge in [0.25, 0.3) is 0 Å². The third-order valence-electron chi connectivity index (χ3n) is 6.00. The van der Waals surface area contributed by atoms with Crippen LogP contribution in [0.25, 0.3) is 0 Å². The van der Waals surface area contributed by atoms with E-state index < -0.39 is 6.04 Å². The van der Waals surface area contributed by atoms with E-state index in [1.807, 2.05) is 60.7 Å². The summed E-state index contributed by atoms with van der Waals surface area (Å²) in [5.74, 6) is 0.461. The maximum Gasteiger partial charge on any atom is 0.243 e. The smallest absolute Gasteiger partial charge is 0.243 e. The highest BCUT2D eigenvalue weighted by Gasteiger charge is 2.30. The van der Waals surface area contributed by atoms with E-state index in [4.69, 9.17) is 27.9 Å². The lowest BCUT2D eigenvalue weighted by atomic mass is 10.0. The van der Waals surface area contributed by atoms with Crippen LogP contribution in [0, 0.1) is 0 Å². The second-order valence-electron chi connectivity index (χ2n) is 8.87. The van der Waals surface area contributed by atoms with Gasteiger partial charge >= 0.3 is 0 Å². The lowest BCUT2D eigenvalue weighted by molar-refractivity contribution is -0.141. The minimum absolute atomic E-state index is 0.130. The van der Waals surface area contributed by atoms with Crippen molar-refractivity contribution in [3.8, 4) is 5.75 Å². The average Bonchev–Trinajstić information content (AvgIpc) is 2.91. The quantitative estimate of drug-likeness (QED) is 0.231. The number of halogens is 2. The predicted octanol–water partition coefficient (Wildman–Crippen LogP) is 6.71. The second-order valence-corrected chi connectivity index (χ2v) is 9.72. The summed E-state index contributed by atoms with van der Waals surface area (Å²) in [4.78, 5) is 28.7. The Morgan fingerprint density at radius 1 is 0.946 bits per heavy atom. The lowest BCUT2D eigenvalue weighted by Gasteiger charge is -2.32. The Balaban J connectivity index is 1.81. The van der Waals surface area contributed by atoms with Crippen molar-refractivity contribution in [3.05, 3.63) is 100 Å². The Kier molecular flexibility index (Phi) is 11.8. The van der Waals surface area contributed by atoms with Gasteiger partial charge in [0.1, 0.15) is 11.8 Å². The first-order chi connectivity index (χ1) is 18.0. The molecule has 0 aromatic heterocycles. The Hall–Kier alpha value is -3.02. The average molecular weight is 542 g/mol. The summed E-state index contributed by atoms with van der Waals surface area (Å²) in [6.07, 6.45) is 3.00. The highest BCUT2D eigenvalue weighted by molar-refractivity contribution is 6.35. The van der Waals surface area contributed by atoms with Crippen molar-refractivity contribution >= 4 is 35.0 Å². The molecular weight excluding hydrogens is 507 g/mol. The number of hydrogen-bond donors (Lipinski definition) is 1. The van der Waals surface area contributed by atoms with Crippen molar-refractivity contribution in [2.45, 2.75) is 51.6 Å².